The molecule has 0 spiro atoms. The molecule has 33 heavy (non-hydrogen) atoms. The van der Waals surface area contributed by atoms with Gasteiger partial charge in [0.1, 0.15) is 0 Å². The van der Waals surface area contributed by atoms with Gasteiger partial charge in [-0.2, -0.15) is 0 Å². The van der Waals surface area contributed by atoms with Crippen LogP contribution >= 0.6 is 0 Å². The Hall–Kier alpha value is -2.49. The highest BCUT2D eigenvalue weighted by Crippen LogP contribution is 2.38. The van der Waals surface area contributed by atoms with E-state index in [1.807, 2.05) is 12.1 Å². The van der Waals surface area contributed by atoms with Crippen LogP contribution in [0.5, 0.6) is 5.75 Å². The van der Waals surface area contributed by atoms with E-state index in [0.717, 1.165) is 31.4 Å². The van der Waals surface area contributed by atoms with Gasteiger partial charge in [-0.15, -0.1) is 0 Å². The third-order valence-corrected chi connectivity index (χ3v) is 7.02. The maximum Gasteiger partial charge on any atom is 0.251 e. The summed E-state index contributed by atoms with van der Waals surface area (Å²) in [5.74, 6) is 0.271. The third-order valence-electron chi connectivity index (χ3n) is 6.25. The van der Waals surface area contributed by atoms with Gasteiger partial charge in [0, 0.05) is 18.2 Å². The predicted octanol–water partition coefficient (Wildman–Crippen LogP) is 3.09. The van der Waals surface area contributed by atoms with Gasteiger partial charge in [0.15, 0.2) is 11.6 Å². The normalized spacial score (nSPS) is 19.3. The first-order chi connectivity index (χ1) is 15.7. The monoisotopic (exact) mass is 477 g/mol. The van der Waals surface area contributed by atoms with E-state index in [-0.39, 0.29) is 35.8 Å². The molecule has 2 aromatic carbocycles. The number of benzene rings is 2. The molecule has 4 N–H and O–H groups in total. The second kappa shape index (κ2) is 11.1. The second-order valence-corrected chi connectivity index (χ2v) is 10.4. The Morgan fingerprint density at radius 3 is 2.61 bits per heavy atom. The summed E-state index contributed by atoms with van der Waals surface area (Å²) in [4.78, 5) is 12.2. The largest absolute Gasteiger partial charge is 0.494 e. The molecule has 3 atom stereocenters. The molecular weight excluding hydrogens is 445 g/mol. The highest BCUT2D eigenvalue weighted by molar-refractivity contribution is 7.89. The summed E-state index contributed by atoms with van der Waals surface area (Å²) in [7, 11) is -2.13. The van der Waals surface area contributed by atoms with E-state index in [2.05, 4.69) is 17.6 Å². The molecule has 9 heteroatoms. The van der Waals surface area contributed by atoms with Gasteiger partial charge in [-0.25, -0.2) is 17.9 Å². The molecule has 1 unspecified atom stereocenters. The van der Waals surface area contributed by atoms with Crippen molar-refractivity contribution in [2.75, 3.05) is 26.0 Å². The van der Waals surface area contributed by atoms with Crippen LogP contribution in [0.15, 0.2) is 42.5 Å². The molecule has 0 heterocycles. The number of nitrogens with two attached hydrogens (primary N) is 1. The van der Waals surface area contributed by atoms with Gasteiger partial charge in [0.2, 0.25) is 10.0 Å². The van der Waals surface area contributed by atoms with Crippen LogP contribution < -0.4 is 20.5 Å². The Balaban J connectivity index is 1.48. The molecule has 1 aliphatic carbocycles. The summed E-state index contributed by atoms with van der Waals surface area (Å²) in [5, 5.41) is 11.1. The fraction of sp³-hybridized carbons (Fsp3) is 0.458. The van der Waals surface area contributed by atoms with Crippen molar-refractivity contribution in [2.45, 2.75) is 38.1 Å². The van der Waals surface area contributed by atoms with Gasteiger partial charge in [-0.1, -0.05) is 18.2 Å². The van der Waals surface area contributed by atoms with Gasteiger partial charge in [0.25, 0.3) is 5.91 Å². The van der Waals surface area contributed by atoms with E-state index in [4.69, 9.17) is 9.88 Å². The van der Waals surface area contributed by atoms with Crippen LogP contribution in [-0.2, 0) is 10.0 Å². The minimum Gasteiger partial charge on any atom is -0.494 e. The highest BCUT2D eigenvalue weighted by Gasteiger charge is 2.26. The van der Waals surface area contributed by atoms with Gasteiger partial charge in [0.05, 0.1) is 12.9 Å². The summed E-state index contributed by atoms with van der Waals surface area (Å²) in [6.07, 6.45) is 3.27. The summed E-state index contributed by atoms with van der Waals surface area (Å²) >= 11 is 0. The van der Waals surface area contributed by atoms with Crippen LogP contribution in [0, 0.1) is 11.7 Å². The first-order valence-corrected chi connectivity index (χ1v) is 12.8. The number of hydrogen-bond acceptors (Lipinski definition) is 5. The Kier molecular flexibility index (Phi) is 8.45. The number of carbonyl (C=O) groups is 1. The van der Waals surface area contributed by atoms with Gasteiger partial charge in [-0.3, -0.25) is 4.79 Å². The molecular formula is C24H32FN3O4S. The van der Waals surface area contributed by atoms with Gasteiger partial charge < -0.3 is 15.4 Å². The van der Waals surface area contributed by atoms with Crippen LogP contribution in [-0.4, -0.2) is 40.3 Å². The van der Waals surface area contributed by atoms with E-state index in [0.29, 0.717) is 17.4 Å². The Labute approximate surface area is 195 Å². The van der Waals surface area contributed by atoms with Crippen molar-refractivity contribution in [3.05, 3.63) is 65.0 Å². The number of primary sulfonamides is 1. The maximum absolute atomic E-state index is 13.6. The lowest BCUT2D eigenvalue weighted by Crippen LogP contribution is -2.31. The van der Waals surface area contributed by atoms with E-state index in [9.17, 15) is 17.6 Å². The lowest BCUT2D eigenvalue weighted by Gasteiger charge is -2.19. The van der Waals surface area contributed by atoms with E-state index >= 15 is 0 Å². The van der Waals surface area contributed by atoms with Crippen LogP contribution in [0.1, 0.15) is 59.6 Å². The van der Waals surface area contributed by atoms with Crippen LogP contribution in [0.3, 0.4) is 0 Å². The van der Waals surface area contributed by atoms with Crippen molar-refractivity contribution in [1.29, 1.82) is 0 Å². The lowest BCUT2D eigenvalue weighted by molar-refractivity contribution is 0.0956. The van der Waals surface area contributed by atoms with Crippen molar-refractivity contribution < 1.29 is 22.3 Å². The van der Waals surface area contributed by atoms with Crippen LogP contribution in [0.4, 0.5) is 4.39 Å². The minimum absolute atomic E-state index is 0.0140. The highest BCUT2D eigenvalue weighted by atomic mass is 32.2. The Morgan fingerprint density at radius 1 is 1.21 bits per heavy atom. The molecule has 0 aromatic heterocycles. The molecule has 3 rings (SSSR count). The maximum atomic E-state index is 13.6. The number of rotatable bonds is 10. The average molecular weight is 478 g/mol. The molecule has 1 amide bonds. The van der Waals surface area contributed by atoms with Crippen molar-refractivity contribution in [1.82, 2.24) is 10.6 Å². The number of amides is 1. The molecule has 0 aliphatic heterocycles. The average Bonchev–Trinajstić information content (AvgIpc) is 3.26. The number of ether oxygens (including phenoxy) is 1. The van der Waals surface area contributed by atoms with E-state index in [1.165, 1.54) is 18.7 Å². The van der Waals surface area contributed by atoms with Crippen LogP contribution in [0.2, 0.25) is 0 Å². The fourth-order valence-electron chi connectivity index (χ4n) is 4.29. The standard InChI is InChI=1S/C24H32FN3O4S/c1-16(20-9-10-22(25)23(14-20)32-2)28-15-17-3-4-21(13-17)18-5-7-19(8-6-18)24(29)27-11-12-33(26,30)31/h5-10,14,16-17,21,28H,3-4,11-13,15H2,1-2H3,(H,27,29)(H2,26,30,31)/t16-,17?,21+/m1/s1. The molecule has 7 nitrogen and oxygen atoms in total. The first-order valence-electron chi connectivity index (χ1n) is 11.1. The molecule has 1 fully saturated rings. The van der Waals surface area contributed by atoms with Gasteiger partial charge in [-0.05, 0) is 80.0 Å². The number of hydrogen-bond donors (Lipinski definition) is 3. The van der Waals surface area contributed by atoms with Crippen molar-refractivity contribution in [3.63, 3.8) is 0 Å². The molecule has 0 radical (unpaired) electrons. The smallest absolute Gasteiger partial charge is 0.251 e. The van der Waals surface area contributed by atoms with Gasteiger partial charge >= 0.3 is 0 Å². The summed E-state index contributed by atoms with van der Waals surface area (Å²) in [6.45, 7) is 2.92. The Bertz CT molecular complexity index is 1060. The van der Waals surface area contributed by atoms with Crippen molar-refractivity contribution in [2.24, 2.45) is 11.1 Å². The van der Waals surface area contributed by atoms with E-state index < -0.39 is 10.0 Å². The number of sulfonamides is 1. The Morgan fingerprint density at radius 2 is 1.94 bits per heavy atom. The molecule has 1 aliphatic rings. The zero-order chi connectivity index (χ0) is 24.0. The SMILES string of the molecule is COc1cc([C@@H](C)NCC2CC[C@H](c3ccc(C(=O)NCCS(N)(=O)=O)cc3)C2)ccc1F. The number of halogens is 1. The molecule has 1 saturated carbocycles. The molecule has 180 valence electrons. The minimum atomic E-state index is -3.60. The zero-order valence-corrected chi connectivity index (χ0v) is 19.8. The lowest BCUT2D eigenvalue weighted by atomic mass is 9.95. The molecule has 0 bridgehead atoms. The fourth-order valence-corrected chi connectivity index (χ4v) is 4.67. The van der Waals surface area contributed by atoms with Crippen molar-refractivity contribution >= 4 is 15.9 Å². The quantitative estimate of drug-likeness (QED) is 0.487. The number of carbonyl (C=O) groups excluding carboxylic acids is 1. The molecule has 2 aromatic rings. The van der Waals surface area contributed by atoms with E-state index in [1.54, 1.807) is 24.3 Å². The number of nitrogens with one attached hydrogen (secondary N) is 2. The van der Waals surface area contributed by atoms with Crippen molar-refractivity contribution in [3.8, 4) is 5.75 Å². The topological polar surface area (TPSA) is 111 Å². The second-order valence-electron chi connectivity index (χ2n) is 8.64. The predicted molar refractivity (Wildman–Crippen MR) is 126 cm³/mol. The third kappa shape index (κ3) is 7.25. The summed E-state index contributed by atoms with van der Waals surface area (Å²) in [6, 6.07) is 12.5. The summed E-state index contributed by atoms with van der Waals surface area (Å²) < 4.78 is 40.6. The molecule has 0 saturated heterocycles. The number of methoxy groups -OCH3 is 1. The summed E-state index contributed by atoms with van der Waals surface area (Å²) in [5.41, 5.74) is 2.68. The zero-order valence-electron chi connectivity index (χ0n) is 19.0. The van der Waals surface area contributed by atoms with Crippen LogP contribution in [0.25, 0.3) is 0 Å². The first kappa shape index (κ1) is 25.1.